The van der Waals surface area contributed by atoms with Crippen molar-refractivity contribution in [2.75, 3.05) is 0 Å². The van der Waals surface area contributed by atoms with E-state index in [1.807, 2.05) is 0 Å². The Morgan fingerprint density at radius 1 is 1.29 bits per heavy atom. The van der Waals surface area contributed by atoms with Crippen LogP contribution in [0.15, 0.2) is 42.6 Å². The average Bonchev–Trinajstić information content (AvgIpc) is 3.53. The van der Waals surface area contributed by atoms with Gasteiger partial charge in [-0.1, -0.05) is 25.1 Å². The van der Waals surface area contributed by atoms with E-state index in [0.29, 0.717) is 22.7 Å². The Morgan fingerprint density at radius 3 is 2.71 bits per heavy atom. The number of nitrogens with one attached hydrogen (secondary N) is 1. The number of hydrogen-bond donors (Lipinski definition) is 3. The molecule has 1 heterocycles. The van der Waals surface area contributed by atoms with Crippen LogP contribution in [0.5, 0.6) is 0 Å². The van der Waals surface area contributed by atoms with Crippen molar-refractivity contribution in [2.24, 2.45) is 11.7 Å². The van der Waals surface area contributed by atoms with Crippen molar-refractivity contribution < 1.29 is 14.3 Å². The summed E-state index contributed by atoms with van der Waals surface area (Å²) in [5.74, 6) is 0.0549. The van der Waals surface area contributed by atoms with Crippen LogP contribution in [0.4, 0.5) is 4.39 Å². The number of pyridine rings is 1. The molecule has 3 rings (SSSR count). The number of aliphatic hydroxyl groups is 1. The Hall–Kier alpha value is -2.31. The molecule has 1 aliphatic carbocycles. The molecular formula is C22H28FN3O2. The number of aliphatic hydroxyl groups excluding tert-OH is 1. The molecule has 5 nitrogen and oxygen atoms in total. The van der Waals surface area contributed by atoms with Crippen LogP contribution in [0, 0.1) is 11.7 Å². The predicted molar refractivity (Wildman–Crippen MR) is 106 cm³/mol. The summed E-state index contributed by atoms with van der Waals surface area (Å²) in [6.07, 6.45) is 4.21. The van der Waals surface area contributed by atoms with E-state index in [4.69, 9.17) is 5.73 Å². The first kappa shape index (κ1) is 20.4. The maximum Gasteiger partial charge on any atom is 0.253 e. The Morgan fingerprint density at radius 2 is 2.04 bits per heavy atom. The second-order valence-corrected chi connectivity index (χ2v) is 7.55. The molecule has 1 saturated carbocycles. The number of nitrogens with two attached hydrogens (primary N) is 1. The summed E-state index contributed by atoms with van der Waals surface area (Å²) >= 11 is 0. The summed E-state index contributed by atoms with van der Waals surface area (Å²) in [5.41, 5.74) is 7.52. The number of aromatic nitrogens is 1. The zero-order chi connectivity index (χ0) is 20.1. The van der Waals surface area contributed by atoms with Crippen LogP contribution in [-0.2, 0) is 12.8 Å². The number of nitrogens with zero attached hydrogens (tertiary/aromatic N) is 1. The van der Waals surface area contributed by atoms with Crippen LogP contribution >= 0.6 is 0 Å². The summed E-state index contributed by atoms with van der Waals surface area (Å²) in [4.78, 5) is 17.0. The summed E-state index contributed by atoms with van der Waals surface area (Å²) in [5, 5.41) is 13.6. The molecule has 3 atom stereocenters. The zero-order valence-corrected chi connectivity index (χ0v) is 16.1. The van der Waals surface area contributed by atoms with Gasteiger partial charge in [0.15, 0.2) is 0 Å². The molecule has 4 N–H and O–H groups in total. The van der Waals surface area contributed by atoms with Crippen LogP contribution < -0.4 is 11.1 Å². The molecule has 1 fully saturated rings. The van der Waals surface area contributed by atoms with Gasteiger partial charge in [-0.3, -0.25) is 9.78 Å². The van der Waals surface area contributed by atoms with Crippen molar-refractivity contribution in [3.63, 3.8) is 0 Å². The molecule has 2 aromatic rings. The number of rotatable bonds is 9. The van der Waals surface area contributed by atoms with Crippen molar-refractivity contribution in [3.05, 3.63) is 65.2 Å². The fourth-order valence-corrected chi connectivity index (χ4v) is 3.51. The van der Waals surface area contributed by atoms with E-state index in [1.165, 1.54) is 6.07 Å². The van der Waals surface area contributed by atoms with Gasteiger partial charge in [-0.25, -0.2) is 4.39 Å². The number of hydrogen-bond acceptors (Lipinski definition) is 4. The normalized spacial score (nSPS) is 17.0. The predicted octanol–water partition coefficient (Wildman–Crippen LogP) is 2.61. The number of halogens is 1. The molecule has 0 radical (unpaired) electrons. The molecule has 0 spiro atoms. The Labute approximate surface area is 165 Å². The summed E-state index contributed by atoms with van der Waals surface area (Å²) in [6.45, 7) is 2.07. The lowest BCUT2D eigenvalue weighted by atomic mass is 9.97. The smallest absolute Gasteiger partial charge is 0.253 e. The first-order valence-corrected chi connectivity index (χ1v) is 9.91. The first-order chi connectivity index (χ1) is 13.5. The molecule has 6 heteroatoms. The standard InChI is InChI=1S/C22H28FN3O2/c1-2-19(14-9-10-14)26-22(28)16-7-5-11-25-20(16)13-21(27)18(24)12-15-6-3-4-8-17(15)23/h3-8,11,14,18-19,21,27H,2,9-10,12-13,24H2,1H3,(H,26,28). The minimum Gasteiger partial charge on any atom is -0.391 e. The van der Waals surface area contributed by atoms with E-state index >= 15 is 0 Å². The van der Waals surface area contributed by atoms with Gasteiger partial charge in [-0.05, 0) is 55.4 Å². The molecule has 28 heavy (non-hydrogen) atoms. The van der Waals surface area contributed by atoms with E-state index in [1.54, 1.807) is 36.5 Å². The Kier molecular flexibility index (Phi) is 6.75. The highest BCUT2D eigenvalue weighted by molar-refractivity contribution is 5.95. The van der Waals surface area contributed by atoms with Gasteiger partial charge in [-0.15, -0.1) is 0 Å². The van der Waals surface area contributed by atoms with Crippen molar-refractivity contribution in [2.45, 2.75) is 57.2 Å². The molecule has 150 valence electrons. The van der Waals surface area contributed by atoms with Gasteiger partial charge in [-0.2, -0.15) is 0 Å². The topological polar surface area (TPSA) is 88.2 Å². The van der Waals surface area contributed by atoms with Gasteiger partial charge in [0.25, 0.3) is 5.91 Å². The first-order valence-electron chi connectivity index (χ1n) is 9.91. The third kappa shape index (κ3) is 5.14. The molecule has 1 aromatic heterocycles. The lowest BCUT2D eigenvalue weighted by Gasteiger charge is -2.21. The number of carbonyl (C=O) groups excluding carboxylic acids is 1. The second kappa shape index (κ2) is 9.26. The molecule has 1 aromatic carbocycles. The van der Waals surface area contributed by atoms with Gasteiger partial charge in [0.05, 0.1) is 17.4 Å². The fourth-order valence-electron chi connectivity index (χ4n) is 3.51. The zero-order valence-electron chi connectivity index (χ0n) is 16.1. The van der Waals surface area contributed by atoms with Crippen LogP contribution in [-0.4, -0.2) is 34.2 Å². The summed E-state index contributed by atoms with van der Waals surface area (Å²) in [6, 6.07) is 9.32. The highest BCUT2D eigenvalue weighted by Crippen LogP contribution is 2.34. The molecule has 0 bridgehead atoms. The monoisotopic (exact) mass is 385 g/mol. The summed E-state index contributed by atoms with van der Waals surface area (Å²) < 4.78 is 13.8. The average molecular weight is 385 g/mol. The maximum atomic E-state index is 13.8. The van der Waals surface area contributed by atoms with Crippen molar-refractivity contribution in [3.8, 4) is 0 Å². The SMILES string of the molecule is CCC(NC(=O)c1cccnc1CC(O)C(N)Cc1ccccc1F)C1CC1. The van der Waals surface area contributed by atoms with Crippen LogP contribution in [0.3, 0.4) is 0 Å². The van der Waals surface area contributed by atoms with Gasteiger partial charge < -0.3 is 16.2 Å². The van der Waals surface area contributed by atoms with Crippen molar-refractivity contribution >= 4 is 5.91 Å². The number of amides is 1. The number of benzene rings is 1. The van der Waals surface area contributed by atoms with Crippen LogP contribution in [0.25, 0.3) is 0 Å². The molecular weight excluding hydrogens is 357 g/mol. The molecule has 3 unspecified atom stereocenters. The van der Waals surface area contributed by atoms with E-state index in [2.05, 4.69) is 17.2 Å². The third-order valence-corrected chi connectivity index (χ3v) is 5.39. The third-order valence-electron chi connectivity index (χ3n) is 5.39. The van der Waals surface area contributed by atoms with E-state index in [0.717, 1.165) is 19.3 Å². The fraction of sp³-hybridized carbons (Fsp3) is 0.455. The lowest BCUT2D eigenvalue weighted by molar-refractivity contribution is 0.0927. The van der Waals surface area contributed by atoms with Gasteiger partial charge in [0.1, 0.15) is 5.82 Å². The van der Waals surface area contributed by atoms with Crippen LogP contribution in [0.1, 0.15) is 47.8 Å². The molecule has 0 aliphatic heterocycles. The Bertz CT molecular complexity index is 810. The van der Waals surface area contributed by atoms with E-state index in [9.17, 15) is 14.3 Å². The summed E-state index contributed by atoms with van der Waals surface area (Å²) in [7, 11) is 0. The minimum atomic E-state index is -0.938. The van der Waals surface area contributed by atoms with Crippen molar-refractivity contribution in [1.29, 1.82) is 0 Å². The molecule has 0 saturated heterocycles. The Balaban J connectivity index is 1.66. The van der Waals surface area contributed by atoms with Crippen LogP contribution in [0.2, 0.25) is 0 Å². The maximum absolute atomic E-state index is 13.8. The quantitative estimate of drug-likeness (QED) is 0.619. The highest BCUT2D eigenvalue weighted by atomic mass is 19.1. The second-order valence-electron chi connectivity index (χ2n) is 7.55. The van der Waals surface area contributed by atoms with Crippen molar-refractivity contribution in [1.82, 2.24) is 10.3 Å². The van der Waals surface area contributed by atoms with Gasteiger partial charge >= 0.3 is 0 Å². The highest BCUT2D eigenvalue weighted by Gasteiger charge is 2.31. The molecule has 1 aliphatic rings. The van der Waals surface area contributed by atoms with Gasteiger partial charge in [0, 0.05) is 24.7 Å². The number of carbonyl (C=O) groups is 1. The van der Waals surface area contributed by atoms with E-state index < -0.39 is 12.1 Å². The van der Waals surface area contributed by atoms with E-state index in [-0.39, 0.29) is 30.6 Å². The largest absolute Gasteiger partial charge is 0.391 e. The minimum absolute atomic E-state index is 0.138. The molecule has 1 amide bonds. The lowest BCUT2D eigenvalue weighted by Crippen LogP contribution is -2.40. The van der Waals surface area contributed by atoms with Gasteiger partial charge in [0.2, 0.25) is 0 Å².